The molecule has 7 nitrogen and oxygen atoms in total. The Morgan fingerprint density at radius 1 is 1.14 bits per heavy atom. The van der Waals surface area contributed by atoms with Crippen molar-refractivity contribution in [1.29, 1.82) is 0 Å². The summed E-state index contributed by atoms with van der Waals surface area (Å²) in [5.41, 5.74) is -0.438. The maximum Gasteiger partial charge on any atom is 0.348 e. The first-order valence-electron chi connectivity index (χ1n) is 6.21. The summed E-state index contributed by atoms with van der Waals surface area (Å²) in [5, 5.41) is 9.76. The number of carbonyl (C=O) groups excluding carboxylic acids is 2. The monoisotopic (exact) mass is 326 g/mol. The lowest BCUT2D eigenvalue weighted by molar-refractivity contribution is -0.222. The molecule has 0 amide bonds. The van der Waals surface area contributed by atoms with E-state index in [-0.39, 0.29) is 16.2 Å². The number of benzene rings is 1. The van der Waals surface area contributed by atoms with Gasteiger partial charge in [0.25, 0.3) is 5.79 Å². The molecule has 22 heavy (non-hydrogen) atoms. The molecule has 1 aliphatic heterocycles. The van der Waals surface area contributed by atoms with Gasteiger partial charge >= 0.3 is 11.9 Å². The van der Waals surface area contributed by atoms with E-state index in [0.717, 1.165) is 24.5 Å². The largest absolute Gasteiger partial charge is 0.507 e. The third kappa shape index (κ3) is 3.28. The summed E-state index contributed by atoms with van der Waals surface area (Å²) in [7, 11) is -3.50. The molecule has 1 aromatic carbocycles. The van der Waals surface area contributed by atoms with Crippen LogP contribution < -0.4 is 0 Å². The first-order valence-corrected chi connectivity index (χ1v) is 8.10. The van der Waals surface area contributed by atoms with Gasteiger partial charge in [0.05, 0.1) is 4.90 Å². The van der Waals surface area contributed by atoms with Crippen molar-refractivity contribution in [2.75, 3.05) is 6.26 Å². The van der Waals surface area contributed by atoms with Gasteiger partial charge in [-0.05, 0) is 24.3 Å². The molecule has 2 rings (SSSR count). The van der Waals surface area contributed by atoms with Crippen molar-refractivity contribution < 1.29 is 32.6 Å². The Bertz CT molecular complexity index is 765. The predicted molar refractivity (Wildman–Crippen MR) is 75.5 cm³/mol. The molecule has 0 radical (unpaired) electrons. The second kappa shape index (κ2) is 5.13. The zero-order valence-corrected chi connectivity index (χ0v) is 12.9. The Labute approximate surface area is 127 Å². The van der Waals surface area contributed by atoms with Gasteiger partial charge in [-0.25, -0.2) is 18.0 Å². The van der Waals surface area contributed by atoms with Gasteiger partial charge in [-0.3, -0.25) is 0 Å². The van der Waals surface area contributed by atoms with Crippen LogP contribution in [0.1, 0.15) is 19.4 Å². The number of aromatic hydroxyl groups is 1. The molecular formula is C14H14O7S. The van der Waals surface area contributed by atoms with Crippen LogP contribution in [0.25, 0.3) is 6.08 Å². The fourth-order valence-corrected chi connectivity index (χ4v) is 2.47. The molecular weight excluding hydrogens is 312 g/mol. The number of cyclic esters (lactones) is 2. The summed E-state index contributed by atoms with van der Waals surface area (Å²) in [6.45, 7) is 2.81. The number of rotatable bonds is 2. The van der Waals surface area contributed by atoms with Crippen LogP contribution >= 0.6 is 0 Å². The Kier molecular flexibility index (Phi) is 3.74. The van der Waals surface area contributed by atoms with Gasteiger partial charge in [0, 0.05) is 25.7 Å². The molecule has 8 heteroatoms. The third-order valence-corrected chi connectivity index (χ3v) is 3.95. The first kappa shape index (κ1) is 16.0. The van der Waals surface area contributed by atoms with E-state index in [1.54, 1.807) is 0 Å². The lowest BCUT2D eigenvalue weighted by atomic mass is 10.1. The number of hydrogen-bond donors (Lipinski definition) is 1. The Hall–Kier alpha value is -2.35. The number of esters is 2. The lowest BCUT2D eigenvalue weighted by Crippen LogP contribution is -2.41. The van der Waals surface area contributed by atoms with Crippen LogP contribution in [0, 0.1) is 0 Å². The van der Waals surface area contributed by atoms with Crippen molar-refractivity contribution in [1.82, 2.24) is 0 Å². The highest BCUT2D eigenvalue weighted by Gasteiger charge is 2.39. The normalized spacial score (nSPS) is 17.7. The number of hydrogen-bond acceptors (Lipinski definition) is 7. The molecule has 1 saturated heterocycles. The van der Waals surface area contributed by atoms with Crippen LogP contribution in [0.3, 0.4) is 0 Å². The molecule has 1 aliphatic rings. The summed E-state index contributed by atoms with van der Waals surface area (Å²) >= 11 is 0. The van der Waals surface area contributed by atoms with Gasteiger partial charge < -0.3 is 14.6 Å². The number of ether oxygens (including phenoxy) is 2. The van der Waals surface area contributed by atoms with E-state index in [1.807, 2.05) is 0 Å². The molecule has 0 spiro atoms. The topological polar surface area (TPSA) is 107 Å². The molecule has 1 heterocycles. The number of phenols is 1. The van der Waals surface area contributed by atoms with Gasteiger partial charge in [0.15, 0.2) is 9.84 Å². The summed E-state index contributed by atoms with van der Waals surface area (Å²) in [5.74, 6) is -3.48. The minimum absolute atomic E-state index is 0.00784. The minimum Gasteiger partial charge on any atom is -0.507 e. The molecule has 0 unspecified atom stereocenters. The Balaban J connectivity index is 2.49. The first-order chi connectivity index (χ1) is 9.99. The van der Waals surface area contributed by atoms with Crippen LogP contribution in [0.4, 0.5) is 0 Å². The van der Waals surface area contributed by atoms with E-state index in [4.69, 9.17) is 9.47 Å². The van der Waals surface area contributed by atoms with E-state index in [9.17, 15) is 23.1 Å². The van der Waals surface area contributed by atoms with Crippen LogP contribution in [-0.4, -0.2) is 37.5 Å². The van der Waals surface area contributed by atoms with E-state index in [0.29, 0.717) is 0 Å². The van der Waals surface area contributed by atoms with E-state index >= 15 is 0 Å². The van der Waals surface area contributed by atoms with Crippen molar-refractivity contribution in [3.8, 4) is 5.75 Å². The van der Waals surface area contributed by atoms with Gasteiger partial charge in [0.1, 0.15) is 11.3 Å². The van der Waals surface area contributed by atoms with Gasteiger partial charge in [-0.2, -0.15) is 0 Å². The molecule has 0 saturated carbocycles. The maximum absolute atomic E-state index is 11.8. The molecule has 118 valence electrons. The van der Waals surface area contributed by atoms with Gasteiger partial charge in [-0.1, -0.05) is 0 Å². The molecule has 1 N–H and O–H groups in total. The van der Waals surface area contributed by atoms with E-state index < -0.39 is 33.1 Å². The number of sulfone groups is 1. The zero-order chi connectivity index (χ0) is 16.7. The van der Waals surface area contributed by atoms with Crippen LogP contribution in [-0.2, 0) is 28.9 Å². The van der Waals surface area contributed by atoms with Gasteiger partial charge in [0.2, 0.25) is 0 Å². The number of phenolic OH excluding ortho intramolecular Hbond substituents is 1. The quantitative estimate of drug-likeness (QED) is 0.491. The van der Waals surface area contributed by atoms with Crippen LogP contribution in [0.5, 0.6) is 5.75 Å². The summed E-state index contributed by atoms with van der Waals surface area (Å²) in [6.07, 6.45) is 2.03. The molecule has 0 bridgehead atoms. The lowest BCUT2D eigenvalue weighted by Gasteiger charge is -2.29. The predicted octanol–water partition coefficient (Wildman–Crippen LogP) is 1.02. The SMILES string of the molecule is CC1(C)OC(=O)C(=Cc2cc(S(C)(=O)=O)ccc2O)C(=O)O1. The average Bonchev–Trinajstić information content (AvgIpc) is 2.33. The van der Waals surface area contributed by atoms with Crippen LogP contribution in [0.2, 0.25) is 0 Å². The highest BCUT2D eigenvalue weighted by Crippen LogP contribution is 2.28. The molecule has 0 atom stereocenters. The molecule has 1 fully saturated rings. The summed E-state index contributed by atoms with van der Waals surface area (Å²) in [6, 6.07) is 3.53. The second-order valence-electron chi connectivity index (χ2n) is 5.23. The van der Waals surface area contributed by atoms with Crippen molar-refractivity contribution in [3.63, 3.8) is 0 Å². The van der Waals surface area contributed by atoms with E-state index in [1.165, 1.54) is 19.9 Å². The fourth-order valence-electron chi connectivity index (χ4n) is 1.81. The second-order valence-corrected chi connectivity index (χ2v) is 7.25. The minimum atomic E-state index is -3.50. The van der Waals surface area contributed by atoms with Crippen molar-refractivity contribution in [3.05, 3.63) is 29.3 Å². The molecule has 0 aromatic heterocycles. The standard InChI is InChI=1S/C14H14O7S/c1-14(2)20-12(16)10(13(17)21-14)7-8-6-9(22(3,18)19)4-5-11(8)15/h4-7,15H,1-3H3. The van der Waals surface area contributed by atoms with Crippen LogP contribution in [0.15, 0.2) is 28.7 Å². The smallest absolute Gasteiger partial charge is 0.348 e. The summed E-state index contributed by atoms with van der Waals surface area (Å²) in [4.78, 5) is 23.6. The summed E-state index contributed by atoms with van der Waals surface area (Å²) < 4.78 is 32.9. The average molecular weight is 326 g/mol. The Morgan fingerprint density at radius 2 is 1.68 bits per heavy atom. The van der Waals surface area contributed by atoms with Crippen molar-refractivity contribution in [2.24, 2.45) is 0 Å². The van der Waals surface area contributed by atoms with Crippen molar-refractivity contribution in [2.45, 2.75) is 24.5 Å². The fraction of sp³-hybridized carbons (Fsp3) is 0.286. The van der Waals surface area contributed by atoms with Gasteiger partial charge in [-0.15, -0.1) is 0 Å². The Morgan fingerprint density at radius 3 is 2.18 bits per heavy atom. The third-order valence-electron chi connectivity index (χ3n) is 2.84. The van der Waals surface area contributed by atoms with E-state index in [2.05, 4.69) is 0 Å². The molecule has 0 aliphatic carbocycles. The number of carbonyl (C=O) groups is 2. The molecule has 1 aromatic rings. The van der Waals surface area contributed by atoms with Crippen molar-refractivity contribution >= 4 is 27.9 Å². The zero-order valence-electron chi connectivity index (χ0n) is 12.1. The maximum atomic E-state index is 11.8. The highest BCUT2D eigenvalue weighted by molar-refractivity contribution is 7.90. The highest BCUT2D eigenvalue weighted by atomic mass is 32.2.